The molecule has 1 saturated carbocycles. The summed E-state index contributed by atoms with van der Waals surface area (Å²) in [5.41, 5.74) is 0. The third kappa shape index (κ3) is 4.04. The first-order valence-electron chi connectivity index (χ1n) is 7.31. The zero-order chi connectivity index (χ0) is 14.5. The number of ether oxygens (including phenoxy) is 1. The van der Waals surface area contributed by atoms with Crippen LogP contribution in [0.3, 0.4) is 0 Å². The zero-order valence-corrected chi connectivity index (χ0v) is 11.8. The molecule has 0 saturated heterocycles. The number of rotatable bonds is 0. The molecule has 1 heterocycles. The van der Waals surface area contributed by atoms with Crippen molar-refractivity contribution >= 4 is 11.8 Å². The van der Waals surface area contributed by atoms with E-state index in [1.165, 1.54) is 12.2 Å². The van der Waals surface area contributed by atoms with Crippen molar-refractivity contribution in [2.75, 3.05) is 0 Å². The second-order valence-electron chi connectivity index (χ2n) is 5.73. The van der Waals surface area contributed by atoms with Gasteiger partial charge in [-0.1, -0.05) is 12.2 Å². The number of ketones is 1. The fraction of sp³-hybridized carbons (Fsp3) is 0.625. The van der Waals surface area contributed by atoms with Gasteiger partial charge in [0.2, 0.25) is 0 Å². The van der Waals surface area contributed by atoms with Gasteiger partial charge in [0.15, 0.2) is 0 Å². The van der Waals surface area contributed by atoms with Crippen molar-refractivity contribution in [3.63, 3.8) is 0 Å². The van der Waals surface area contributed by atoms with E-state index in [0.717, 1.165) is 19.3 Å². The lowest BCUT2D eigenvalue weighted by Gasteiger charge is -2.19. The van der Waals surface area contributed by atoms with Gasteiger partial charge in [-0.2, -0.15) is 0 Å². The molecule has 0 bridgehead atoms. The number of fused-ring (bicyclic) bond motifs is 1. The number of aliphatic hydroxyl groups excluding tert-OH is 1. The number of esters is 1. The third-order valence-corrected chi connectivity index (χ3v) is 4.03. The molecule has 1 fully saturated rings. The average Bonchev–Trinajstić information content (AvgIpc) is 2.76. The summed E-state index contributed by atoms with van der Waals surface area (Å²) in [7, 11) is 0. The molecule has 0 aromatic heterocycles. The van der Waals surface area contributed by atoms with Gasteiger partial charge in [-0.3, -0.25) is 4.79 Å². The summed E-state index contributed by atoms with van der Waals surface area (Å²) in [4.78, 5) is 23.2. The van der Waals surface area contributed by atoms with Crippen LogP contribution in [0.4, 0.5) is 0 Å². The number of hydrogen-bond acceptors (Lipinski definition) is 4. The highest BCUT2D eigenvalue weighted by molar-refractivity contribution is 5.83. The van der Waals surface area contributed by atoms with E-state index in [2.05, 4.69) is 12.2 Å². The first-order valence-corrected chi connectivity index (χ1v) is 7.31. The Labute approximate surface area is 119 Å². The predicted molar refractivity (Wildman–Crippen MR) is 74.9 cm³/mol. The quantitative estimate of drug-likeness (QED) is 0.545. The Kier molecular flexibility index (Phi) is 5.12. The smallest absolute Gasteiger partial charge is 0.330 e. The normalized spacial score (nSPS) is 38.9. The fourth-order valence-electron chi connectivity index (χ4n) is 2.91. The summed E-state index contributed by atoms with van der Waals surface area (Å²) < 4.78 is 5.22. The topological polar surface area (TPSA) is 63.6 Å². The molecule has 4 heteroatoms. The summed E-state index contributed by atoms with van der Waals surface area (Å²) in [6, 6.07) is 0. The van der Waals surface area contributed by atoms with Crippen molar-refractivity contribution in [1.29, 1.82) is 0 Å². The Morgan fingerprint density at radius 1 is 1.25 bits per heavy atom. The Morgan fingerprint density at radius 2 is 2.05 bits per heavy atom. The highest BCUT2D eigenvalue weighted by Crippen LogP contribution is 2.33. The maximum absolute atomic E-state index is 11.6. The number of aliphatic hydroxyl groups is 1. The molecule has 4 atom stereocenters. The standard InChI is InChI=1S/C16H22O4/c1-11-5-3-2-4-6-12-9-13(17)10-14(12)15(18)7-8-16(19)20-11/h4,6-8,11-12,14-15,18H,2-3,5,9-10H2,1H3/b6-4+,8-7+/t11-,12+,14+,15+/m0/s1. The molecule has 1 aliphatic carbocycles. The number of hydrogen-bond donors (Lipinski definition) is 1. The molecule has 20 heavy (non-hydrogen) atoms. The SMILES string of the molecule is C[C@H]1CCC/C=C/[C@@H]2CC(=O)C[C@H]2[C@H](O)/C=C/C(=O)O1. The van der Waals surface area contributed by atoms with Gasteiger partial charge in [0.1, 0.15) is 5.78 Å². The first kappa shape index (κ1) is 15.0. The molecule has 0 aromatic carbocycles. The number of allylic oxidation sites excluding steroid dienone is 2. The van der Waals surface area contributed by atoms with Crippen molar-refractivity contribution in [2.45, 2.75) is 51.2 Å². The van der Waals surface area contributed by atoms with Crippen LogP contribution in [0, 0.1) is 11.8 Å². The molecule has 1 N–H and O–H groups in total. The average molecular weight is 278 g/mol. The van der Waals surface area contributed by atoms with Crippen LogP contribution in [0.15, 0.2) is 24.3 Å². The predicted octanol–water partition coefficient (Wildman–Crippen LogP) is 2.17. The van der Waals surface area contributed by atoms with Crippen LogP contribution < -0.4 is 0 Å². The van der Waals surface area contributed by atoms with E-state index in [4.69, 9.17) is 4.74 Å². The Morgan fingerprint density at radius 3 is 2.85 bits per heavy atom. The summed E-state index contributed by atoms with van der Waals surface area (Å²) in [5, 5.41) is 10.2. The molecule has 2 aliphatic rings. The van der Waals surface area contributed by atoms with Crippen LogP contribution in [0.5, 0.6) is 0 Å². The van der Waals surface area contributed by atoms with Crippen molar-refractivity contribution in [1.82, 2.24) is 0 Å². The summed E-state index contributed by atoms with van der Waals surface area (Å²) >= 11 is 0. The van der Waals surface area contributed by atoms with Gasteiger partial charge in [0.05, 0.1) is 12.2 Å². The number of Topliss-reactive ketones (excluding diaryl/α,β-unsaturated/α-hetero) is 1. The molecule has 4 nitrogen and oxygen atoms in total. The maximum atomic E-state index is 11.6. The first-order chi connectivity index (χ1) is 9.56. The second kappa shape index (κ2) is 6.84. The van der Waals surface area contributed by atoms with E-state index in [-0.39, 0.29) is 23.7 Å². The molecular formula is C16H22O4. The van der Waals surface area contributed by atoms with Crippen molar-refractivity contribution in [3.05, 3.63) is 24.3 Å². The van der Waals surface area contributed by atoms with Gasteiger partial charge >= 0.3 is 5.97 Å². The number of carbonyl (C=O) groups is 2. The number of carbonyl (C=O) groups excluding carboxylic acids is 2. The second-order valence-corrected chi connectivity index (χ2v) is 5.73. The Balaban J connectivity index is 2.13. The van der Waals surface area contributed by atoms with Gasteiger partial charge in [-0.25, -0.2) is 4.79 Å². The van der Waals surface area contributed by atoms with E-state index in [9.17, 15) is 14.7 Å². The lowest BCUT2D eigenvalue weighted by atomic mass is 9.90. The van der Waals surface area contributed by atoms with Crippen LogP contribution >= 0.6 is 0 Å². The van der Waals surface area contributed by atoms with E-state index in [1.54, 1.807) is 0 Å². The van der Waals surface area contributed by atoms with Crippen LogP contribution in [-0.4, -0.2) is 29.1 Å². The number of cyclic esters (lactones) is 1. The Hall–Kier alpha value is -1.42. The molecule has 0 amide bonds. The van der Waals surface area contributed by atoms with Crippen LogP contribution in [0.1, 0.15) is 39.0 Å². The van der Waals surface area contributed by atoms with Gasteiger partial charge in [0, 0.05) is 24.8 Å². The van der Waals surface area contributed by atoms with E-state index in [0.29, 0.717) is 12.8 Å². The van der Waals surface area contributed by atoms with E-state index < -0.39 is 12.1 Å². The minimum atomic E-state index is -0.778. The monoisotopic (exact) mass is 278 g/mol. The molecule has 0 aromatic rings. The molecule has 2 rings (SSSR count). The molecule has 0 unspecified atom stereocenters. The van der Waals surface area contributed by atoms with Gasteiger partial charge in [-0.05, 0) is 38.2 Å². The molecule has 0 radical (unpaired) electrons. The zero-order valence-electron chi connectivity index (χ0n) is 11.8. The van der Waals surface area contributed by atoms with Crippen molar-refractivity contribution < 1.29 is 19.4 Å². The van der Waals surface area contributed by atoms with Crippen LogP contribution in [-0.2, 0) is 14.3 Å². The molecule has 0 spiro atoms. The van der Waals surface area contributed by atoms with Crippen LogP contribution in [0.25, 0.3) is 0 Å². The lowest BCUT2D eigenvalue weighted by Crippen LogP contribution is -2.21. The molecule has 1 aliphatic heterocycles. The van der Waals surface area contributed by atoms with E-state index in [1.807, 2.05) is 6.92 Å². The van der Waals surface area contributed by atoms with Gasteiger partial charge < -0.3 is 9.84 Å². The summed E-state index contributed by atoms with van der Waals surface area (Å²) in [5.74, 6) is -0.289. The maximum Gasteiger partial charge on any atom is 0.330 e. The molecular weight excluding hydrogens is 256 g/mol. The van der Waals surface area contributed by atoms with Gasteiger partial charge in [0.25, 0.3) is 0 Å². The van der Waals surface area contributed by atoms with E-state index >= 15 is 0 Å². The largest absolute Gasteiger partial charge is 0.460 e. The van der Waals surface area contributed by atoms with Crippen LogP contribution in [0.2, 0.25) is 0 Å². The summed E-state index contributed by atoms with van der Waals surface area (Å²) in [6.07, 6.45) is 9.53. The van der Waals surface area contributed by atoms with Gasteiger partial charge in [-0.15, -0.1) is 0 Å². The minimum Gasteiger partial charge on any atom is -0.460 e. The lowest BCUT2D eigenvalue weighted by molar-refractivity contribution is -0.142. The van der Waals surface area contributed by atoms with Crippen molar-refractivity contribution in [2.24, 2.45) is 11.8 Å². The highest BCUT2D eigenvalue weighted by atomic mass is 16.5. The Bertz CT molecular complexity index is 424. The summed E-state index contributed by atoms with van der Waals surface area (Å²) in [6.45, 7) is 1.87. The molecule has 110 valence electrons. The van der Waals surface area contributed by atoms with Crippen molar-refractivity contribution in [3.8, 4) is 0 Å². The third-order valence-electron chi connectivity index (χ3n) is 4.03. The fourth-order valence-corrected chi connectivity index (χ4v) is 2.91. The highest BCUT2D eigenvalue weighted by Gasteiger charge is 2.35. The minimum absolute atomic E-state index is 0.0800.